The third kappa shape index (κ3) is 3.18. The lowest BCUT2D eigenvalue weighted by molar-refractivity contribution is -0.116. The summed E-state index contributed by atoms with van der Waals surface area (Å²) < 4.78 is 0. The second-order valence-electron chi connectivity index (χ2n) is 5.27. The third-order valence-corrected chi connectivity index (χ3v) is 3.69. The van der Waals surface area contributed by atoms with Gasteiger partial charge < -0.3 is 15.4 Å². The first kappa shape index (κ1) is 14.4. The maximum Gasteiger partial charge on any atom is 0.224 e. The molecule has 3 N–H and O–H groups in total. The molecule has 0 bridgehead atoms. The van der Waals surface area contributed by atoms with Gasteiger partial charge in [-0.1, -0.05) is 30.3 Å². The van der Waals surface area contributed by atoms with Crippen LogP contribution in [0.5, 0.6) is 0 Å². The molecule has 3 rings (SSSR count). The maximum absolute atomic E-state index is 12.1. The summed E-state index contributed by atoms with van der Waals surface area (Å²) in [6, 6.07) is 15.3. The molecule has 112 valence electrons. The molecule has 3 aromatic rings. The molecule has 0 atom stereocenters. The predicted molar refractivity (Wildman–Crippen MR) is 87.6 cm³/mol. The van der Waals surface area contributed by atoms with E-state index in [2.05, 4.69) is 16.4 Å². The van der Waals surface area contributed by atoms with Gasteiger partial charge in [-0.05, 0) is 35.7 Å². The number of para-hydroxylation sites is 1. The highest BCUT2D eigenvalue weighted by Crippen LogP contribution is 2.19. The van der Waals surface area contributed by atoms with Crippen molar-refractivity contribution >= 4 is 22.5 Å². The average Bonchev–Trinajstić information content (AvgIpc) is 2.96. The van der Waals surface area contributed by atoms with E-state index in [9.17, 15) is 4.79 Å². The molecule has 0 fully saturated rings. The standard InChI is InChI=1S/C18H18N2O2/c21-12-13-4-3-5-15(10-13)20-18(22)9-8-14-11-19-17-7-2-1-6-16(14)17/h1-7,10-11,19,21H,8-9,12H2,(H,20,22). The van der Waals surface area contributed by atoms with E-state index in [0.29, 0.717) is 12.8 Å². The maximum atomic E-state index is 12.1. The molecule has 1 heterocycles. The molecular formula is C18H18N2O2. The fraction of sp³-hybridized carbons (Fsp3) is 0.167. The van der Waals surface area contributed by atoms with E-state index in [1.165, 1.54) is 0 Å². The van der Waals surface area contributed by atoms with Crippen molar-refractivity contribution in [3.05, 3.63) is 65.9 Å². The van der Waals surface area contributed by atoms with Crippen LogP contribution in [0.3, 0.4) is 0 Å². The lowest BCUT2D eigenvalue weighted by Crippen LogP contribution is -2.12. The molecule has 0 spiro atoms. The first-order valence-corrected chi connectivity index (χ1v) is 7.31. The molecule has 0 unspecified atom stereocenters. The summed E-state index contributed by atoms with van der Waals surface area (Å²) >= 11 is 0. The van der Waals surface area contributed by atoms with Crippen molar-refractivity contribution in [2.24, 2.45) is 0 Å². The van der Waals surface area contributed by atoms with Crippen molar-refractivity contribution in [2.75, 3.05) is 5.32 Å². The molecule has 0 radical (unpaired) electrons. The van der Waals surface area contributed by atoms with Gasteiger partial charge in [0.25, 0.3) is 0 Å². The molecule has 0 saturated heterocycles. The van der Waals surface area contributed by atoms with E-state index in [4.69, 9.17) is 5.11 Å². The van der Waals surface area contributed by atoms with Gasteiger partial charge in [0.15, 0.2) is 0 Å². The molecule has 1 amide bonds. The number of hydrogen-bond acceptors (Lipinski definition) is 2. The van der Waals surface area contributed by atoms with Crippen molar-refractivity contribution < 1.29 is 9.90 Å². The third-order valence-electron chi connectivity index (χ3n) is 3.69. The Morgan fingerprint density at radius 3 is 2.86 bits per heavy atom. The van der Waals surface area contributed by atoms with Crippen molar-refractivity contribution in [1.82, 2.24) is 4.98 Å². The van der Waals surface area contributed by atoms with Gasteiger partial charge in [-0.15, -0.1) is 0 Å². The van der Waals surface area contributed by atoms with Gasteiger partial charge >= 0.3 is 0 Å². The lowest BCUT2D eigenvalue weighted by atomic mass is 10.1. The van der Waals surface area contributed by atoms with Crippen LogP contribution in [0.1, 0.15) is 17.5 Å². The molecule has 2 aromatic carbocycles. The summed E-state index contributed by atoms with van der Waals surface area (Å²) in [6.07, 6.45) is 3.07. The normalized spacial score (nSPS) is 10.8. The number of carbonyl (C=O) groups is 1. The first-order valence-electron chi connectivity index (χ1n) is 7.31. The largest absolute Gasteiger partial charge is 0.392 e. The summed E-state index contributed by atoms with van der Waals surface area (Å²) in [7, 11) is 0. The number of aryl methyl sites for hydroxylation is 1. The van der Waals surface area contributed by atoms with E-state index in [1.807, 2.05) is 42.6 Å². The Morgan fingerprint density at radius 2 is 2.00 bits per heavy atom. The Balaban J connectivity index is 1.62. The number of rotatable bonds is 5. The van der Waals surface area contributed by atoms with E-state index >= 15 is 0 Å². The monoisotopic (exact) mass is 294 g/mol. The number of amides is 1. The van der Waals surface area contributed by atoms with E-state index in [0.717, 1.165) is 27.7 Å². The number of carbonyl (C=O) groups excluding carboxylic acids is 1. The highest BCUT2D eigenvalue weighted by atomic mass is 16.3. The summed E-state index contributed by atoms with van der Waals surface area (Å²) in [6.45, 7) is -0.0287. The van der Waals surface area contributed by atoms with E-state index in [-0.39, 0.29) is 12.5 Å². The van der Waals surface area contributed by atoms with E-state index < -0.39 is 0 Å². The van der Waals surface area contributed by atoms with Gasteiger partial charge in [0.2, 0.25) is 5.91 Å². The first-order chi connectivity index (χ1) is 10.8. The van der Waals surface area contributed by atoms with Gasteiger partial charge in [0.1, 0.15) is 0 Å². The summed E-state index contributed by atoms with van der Waals surface area (Å²) in [5.41, 5.74) is 3.74. The Hall–Kier alpha value is -2.59. The quantitative estimate of drug-likeness (QED) is 0.676. The van der Waals surface area contributed by atoms with Crippen molar-refractivity contribution in [3.63, 3.8) is 0 Å². The molecule has 0 aliphatic carbocycles. The van der Waals surface area contributed by atoms with Gasteiger partial charge in [0.05, 0.1) is 6.61 Å². The van der Waals surface area contributed by atoms with Crippen LogP contribution in [0.2, 0.25) is 0 Å². The number of fused-ring (bicyclic) bond motifs is 1. The highest BCUT2D eigenvalue weighted by molar-refractivity contribution is 5.91. The summed E-state index contributed by atoms with van der Waals surface area (Å²) in [5, 5.41) is 13.1. The Kier molecular flexibility index (Phi) is 4.21. The van der Waals surface area contributed by atoms with Crippen LogP contribution in [0.25, 0.3) is 10.9 Å². The van der Waals surface area contributed by atoms with Crippen LogP contribution < -0.4 is 5.32 Å². The smallest absolute Gasteiger partial charge is 0.224 e. The number of aromatic amines is 1. The van der Waals surface area contributed by atoms with Crippen molar-refractivity contribution in [2.45, 2.75) is 19.4 Å². The number of anilines is 1. The van der Waals surface area contributed by atoms with Gasteiger partial charge in [-0.3, -0.25) is 4.79 Å². The molecule has 22 heavy (non-hydrogen) atoms. The molecule has 1 aromatic heterocycles. The number of aliphatic hydroxyl groups is 1. The molecule has 4 nitrogen and oxygen atoms in total. The zero-order valence-corrected chi connectivity index (χ0v) is 12.2. The van der Waals surface area contributed by atoms with Crippen LogP contribution in [0, 0.1) is 0 Å². The number of aromatic nitrogens is 1. The van der Waals surface area contributed by atoms with Crippen LogP contribution in [-0.2, 0) is 17.8 Å². The molecule has 0 aliphatic heterocycles. The lowest BCUT2D eigenvalue weighted by Gasteiger charge is -2.06. The Labute approximate surface area is 128 Å². The van der Waals surface area contributed by atoms with Crippen molar-refractivity contribution in [3.8, 4) is 0 Å². The highest BCUT2D eigenvalue weighted by Gasteiger charge is 2.07. The van der Waals surface area contributed by atoms with E-state index in [1.54, 1.807) is 6.07 Å². The molecular weight excluding hydrogens is 276 g/mol. The number of H-pyrrole nitrogens is 1. The second kappa shape index (κ2) is 6.45. The van der Waals surface area contributed by atoms with Crippen LogP contribution >= 0.6 is 0 Å². The number of benzene rings is 2. The Bertz CT molecular complexity index is 792. The van der Waals surface area contributed by atoms with Crippen molar-refractivity contribution in [1.29, 1.82) is 0 Å². The van der Waals surface area contributed by atoms with Gasteiger partial charge in [-0.25, -0.2) is 0 Å². The summed E-state index contributed by atoms with van der Waals surface area (Å²) in [5.74, 6) is -0.0274. The molecule has 0 aliphatic rings. The molecule has 0 saturated carbocycles. The zero-order valence-electron chi connectivity index (χ0n) is 12.2. The SMILES string of the molecule is O=C(CCc1c[nH]c2ccccc12)Nc1cccc(CO)c1. The second-order valence-corrected chi connectivity index (χ2v) is 5.27. The number of aliphatic hydroxyl groups excluding tert-OH is 1. The number of hydrogen-bond donors (Lipinski definition) is 3. The Morgan fingerprint density at radius 1 is 1.14 bits per heavy atom. The fourth-order valence-corrected chi connectivity index (χ4v) is 2.56. The van der Waals surface area contributed by atoms with Crippen LogP contribution in [-0.4, -0.2) is 16.0 Å². The molecule has 4 heteroatoms. The minimum Gasteiger partial charge on any atom is -0.392 e. The zero-order chi connectivity index (χ0) is 15.4. The predicted octanol–water partition coefficient (Wildman–Crippen LogP) is 3.23. The average molecular weight is 294 g/mol. The van der Waals surface area contributed by atoms with Crippen LogP contribution in [0.15, 0.2) is 54.7 Å². The topological polar surface area (TPSA) is 65.1 Å². The van der Waals surface area contributed by atoms with Gasteiger partial charge in [-0.2, -0.15) is 0 Å². The minimum absolute atomic E-state index is 0.0274. The van der Waals surface area contributed by atoms with Gasteiger partial charge in [0, 0.05) is 29.2 Å². The van der Waals surface area contributed by atoms with Crippen LogP contribution in [0.4, 0.5) is 5.69 Å². The summed E-state index contributed by atoms with van der Waals surface area (Å²) in [4.78, 5) is 15.3. The number of nitrogens with one attached hydrogen (secondary N) is 2. The fourth-order valence-electron chi connectivity index (χ4n) is 2.56. The minimum atomic E-state index is -0.0287.